The minimum absolute atomic E-state index is 0.0139. The summed E-state index contributed by atoms with van der Waals surface area (Å²) in [6, 6.07) is 3.45. The summed E-state index contributed by atoms with van der Waals surface area (Å²) in [4.78, 5) is 55.8. The summed E-state index contributed by atoms with van der Waals surface area (Å²) in [7, 11) is 4.52. The Kier molecular flexibility index (Phi) is 4.76. The number of fused-ring (bicyclic) bond motifs is 1. The van der Waals surface area contributed by atoms with Crippen molar-refractivity contribution in [2.75, 3.05) is 34.5 Å². The molecule has 4 aliphatic rings. The van der Waals surface area contributed by atoms with Crippen LogP contribution < -0.4 is 19.5 Å². The highest BCUT2D eigenvalue weighted by atomic mass is 16.5. The first-order chi connectivity index (χ1) is 17.7. The van der Waals surface area contributed by atoms with Gasteiger partial charge in [-0.1, -0.05) is 0 Å². The molecule has 2 fully saturated rings. The number of methoxy groups -OCH3 is 3. The molecule has 3 heterocycles. The van der Waals surface area contributed by atoms with Crippen LogP contribution in [-0.4, -0.2) is 73.8 Å². The van der Waals surface area contributed by atoms with Gasteiger partial charge in [-0.25, -0.2) is 0 Å². The van der Waals surface area contributed by atoms with Gasteiger partial charge in [-0.15, -0.1) is 0 Å². The number of nitrogens with one attached hydrogen (secondary N) is 2. The smallest absolute Gasteiger partial charge is 0.293 e. The van der Waals surface area contributed by atoms with Crippen molar-refractivity contribution < 1.29 is 38.1 Å². The Hall–Kier alpha value is -4.28. The van der Waals surface area contributed by atoms with Gasteiger partial charge >= 0.3 is 0 Å². The lowest BCUT2D eigenvalue weighted by atomic mass is 9.80. The van der Waals surface area contributed by atoms with E-state index in [4.69, 9.17) is 18.9 Å². The Bertz CT molecular complexity index is 1490. The zero-order valence-corrected chi connectivity index (χ0v) is 20.7. The van der Waals surface area contributed by atoms with Gasteiger partial charge in [0.2, 0.25) is 11.5 Å². The number of H-pyrrole nitrogens is 1. The van der Waals surface area contributed by atoms with Gasteiger partial charge in [-0.05, 0) is 31.4 Å². The average molecular weight is 507 g/mol. The van der Waals surface area contributed by atoms with Gasteiger partial charge in [0.15, 0.2) is 17.3 Å². The van der Waals surface area contributed by atoms with Crippen LogP contribution in [0.4, 0.5) is 0 Å². The Morgan fingerprint density at radius 2 is 1.92 bits per heavy atom. The van der Waals surface area contributed by atoms with E-state index < -0.39 is 11.0 Å². The molecule has 192 valence electrons. The number of ketones is 2. The zero-order chi connectivity index (χ0) is 26.3. The van der Waals surface area contributed by atoms with E-state index in [-0.39, 0.29) is 42.2 Å². The number of rotatable bonds is 7. The summed E-state index contributed by atoms with van der Waals surface area (Å²) in [5, 5.41) is 3.69. The minimum Gasteiger partial charge on any atom is -0.493 e. The van der Waals surface area contributed by atoms with Crippen LogP contribution in [0.15, 0.2) is 35.2 Å². The molecule has 1 saturated heterocycles. The molecular formula is C26H25N3O8. The molecule has 0 radical (unpaired) electrons. The van der Waals surface area contributed by atoms with Crippen LogP contribution >= 0.6 is 0 Å². The number of carbonyl (C=O) groups is 4. The van der Waals surface area contributed by atoms with Gasteiger partial charge in [0.25, 0.3) is 12.4 Å². The van der Waals surface area contributed by atoms with E-state index in [0.29, 0.717) is 58.1 Å². The van der Waals surface area contributed by atoms with Gasteiger partial charge in [-0.2, -0.15) is 0 Å². The number of aromatic amines is 1. The minimum atomic E-state index is -1.23. The molecule has 1 aromatic carbocycles. The maximum absolute atomic E-state index is 13.8. The van der Waals surface area contributed by atoms with Crippen LogP contribution in [0.2, 0.25) is 0 Å². The molecule has 2 aliphatic carbocycles. The largest absolute Gasteiger partial charge is 0.493 e. The van der Waals surface area contributed by atoms with Crippen LogP contribution in [0.3, 0.4) is 0 Å². The second-order valence-corrected chi connectivity index (χ2v) is 9.92. The van der Waals surface area contributed by atoms with Gasteiger partial charge < -0.3 is 34.1 Å². The molecule has 11 nitrogen and oxygen atoms in total. The number of carbonyl (C=O) groups excluding carboxylic acids is 4. The predicted molar refractivity (Wildman–Crippen MR) is 128 cm³/mol. The van der Waals surface area contributed by atoms with Crippen LogP contribution in [0.25, 0.3) is 10.9 Å². The quantitative estimate of drug-likeness (QED) is 0.534. The van der Waals surface area contributed by atoms with Crippen molar-refractivity contribution >= 4 is 34.8 Å². The maximum atomic E-state index is 13.8. The predicted octanol–water partition coefficient (Wildman–Crippen LogP) is 1.48. The van der Waals surface area contributed by atoms with E-state index in [1.54, 1.807) is 24.0 Å². The lowest BCUT2D eigenvalue weighted by molar-refractivity contribution is -0.133. The van der Waals surface area contributed by atoms with E-state index in [1.807, 2.05) is 0 Å². The molecule has 1 amide bonds. The summed E-state index contributed by atoms with van der Waals surface area (Å²) < 4.78 is 21.3. The van der Waals surface area contributed by atoms with Gasteiger partial charge in [-0.3, -0.25) is 19.2 Å². The van der Waals surface area contributed by atoms with E-state index in [9.17, 15) is 19.2 Å². The molecule has 1 spiro atoms. The number of likely N-dealkylation sites (tertiary alicyclic amines) is 1. The first-order valence-corrected chi connectivity index (χ1v) is 11.8. The number of amides is 1. The summed E-state index contributed by atoms with van der Waals surface area (Å²) in [6.07, 6.45) is 2.12. The lowest BCUT2D eigenvalue weighted by Gasteiger charge is -2.28. The van der Waals surface area contributed by atoms with Crippen LogP contribution in [-0.2, 0) is 19.1 Å². The van der Waals surface area contributed by atoms with E-state index in [1.165, 1.54) is 27.4 Å². The molecule has 0 bridgehead atoms. The summed E-state index contributed by atoms with van der Waals surface area (Å²) >= 11 is 0. The highest BCUT2D eigenvalue weighted by Gasteiger charge is 2.72. The Morgan fingerprint density at radius 1 is 1.16 bits per heavy atom. The molecule has 6 rings (SSSR count). The normalized spacial score (nSPS) is 27.3. The number of hydrogen-bond donors (Lipinski definition) is 2. The SMILES string of the molecule is COc1cc2cc(C(=O)N3C[C@H]4CC45C3=CC(=O)C3=C5C(=O)C(C)(COC=O)N3)[nH]c2c(OC)c1OC. The number of aromatic nitrogens is 1. The average Bonchev–Trinajstić information content (AvgIpc) is 3.14. The maximum Gasteiger partial charge on any atom is 0.293 e. The Balaban J connectivity index is 1.36. The second kappa shape index (κ2) is 7.61. The van der Waals surface area contributed by atoms with Crippen molar-refractivity contribution in [1.29, 1.82) is 0 Å². The van der Waals surface area contributed by atoms with E-state index in [2.05, 4.69) is 10.3 Å². The van der Waals surface area contributed by atoms with Gasteiger partial charge in [0.1, 0.15) is 17.8 Å². The number of allylic oxidation sites excluding steroid dienone is 2. The molecule has 2 aliphatic heterocycles. The molecular weight excluding hydrogens is 482 g/mol. The van der Waals surface area contributed by atoms with Crippen LogP contribution in [0.5, 0.6) is 17.2 Å². The monoisotopic (exact) mass is 507 g/mol. The third-order valence-electron chi connectivity index (χ3n) is 7.93. The zero-order valence-electron chi connectivity index (χ0n) is 20.7. The first kappa shape index (κ1) is 23.1. The second-order valence-electron chi connectivity index (χ2n) is 9.92. The van der Waals surface area contributed by atoms with E-state index >= 15 is 0 Å². The van der Waals surface area contributed by atoms with Crippen molar-refractivity contribution in [3.63, 3.8) is 0 Å². The number of Topliss-reactive ketones (excluding diaryl/α,β-unsaturated/α-hetero) is 1. The molecule has 1 saturated carbocycles. The third-order valence-corrected chi connectivity index (χ3v) is 7.93. The van der Waals surface area contributed by atoms with Crippen molar-refractivity contribution in [2.24, 2.45) is 11.3 Å². The van der Waals surface area contributed by atoms with Crippen molar-refractivity contribution in [2.45, 2.75) is 18.9 Å². The highest BCUT2D eigenvalue weighted by molar-refractivity contribution is 6.20. The summed E-state index contributed by atoms with van der Waals surface area (Å²) in [6.45, 7) is 2.06. The molecule has 11 heteroatoms. The molecule has 37 heavy (non-hydrogen) atoms. The Morgan fingerprint density at radius 3 is 2.59 bits per heavy atom. The number of hydrogen-bond acceptors (Lipinski definition) is 9. The summed E-state index contributed by atoms with van der Waals surface area (Å²) in [5.74, 6) is 0.287. The van der Waals surface area contributed by atoms with Crippen molar-refractivity contribution in [1.82, 2.24) is 15.2 Å². The number of benzene rings is 1. The Labute approximate surface area is 211 Å². The fourth-order valence-electron chi connectivity index (χ4n) is 6.16. The van der Waals surface area contributed by atoms with Gasteiger partial charge in [0.05, 0.1) is 32.5 Å². The molecule has 2 N–H and O–H groups in total. The number of piperidine rings is 1. The topological polar surface area (TPSA) is 136 Å². The number of nitrogens with zero attached hydrogens (tertiary/aromatic N) is 1. The third kappa shape index (κ3) is 2.87. The standard InChI is InChI=1S/C26H25N3O8/c1-25(10-37-11-30)23(32)18-20(28-25)15(31)7-17-26(18)8-13(26)9-29(17)24(33)14-5-12-6-16(34-2)21(35-3)22(36-4)19(12)27-14/h5-7,11,13,27-28H,8-10H2,1-4H3/t13-,25?,26?/m1/s1. The summed E-state index contributed by atoms with van der Waals surface area (Å²) in [5.41, 5.74) is 0.101. The van der Waals surface area contributed by atoms with E-state index in [0.717, 1.165) is 0 Å². The fourth-order valence-corrected chi connectivity index (χ4v) is 6.16. The fraction of sp³-hybridized carbons (Fsp3) is 0.385. The van der Waals surface area contributed by atoms with Crippen LogP contribution in [0.1, 0.15) is 23.8 Å². The van der Waals surface area contributed by atoms with Crippen LogP contribution in [0, 0.1) is 11.3 Å². The molecule has 1 aromatic heterocycles. The molecule has 3 atom stereocenters. The van der Waals surface area contributed by atoms with Gasteiger partial charge in [0, 0.05) is 34.7 Å². The lowest BCUT2D eigenvalue weighted by Crippen LogP contribution is -2.48. The first-order valence-electron chi connectivity index (χ1n) is 11.8. The molecule has 2 unspecified atom stereocenters. The highest BCUT2D eigenvalue weighted by Crippen LogP contribution is 2.70. The molecule has 2 aromatic rings. The van der Waals surface area contributed by atoms with Crippen molar-refractivity contribution in [3.8, 4) is 17.2 Å². The van der Waals surface area contributed by atoms with Crippen molar-refractivity contribution in [3.05, 3.63) is 40.9 Å². The number of ether oxygens (including phenoxy) is 4.